The van der Waals surface area contributed by atoms with Crippen LogP contribution in [0.25, 0.3) is 0 Å². The molecule has 1 aromatic rings. The van der Waals surface area contributed by atoms with Crippen molar-refractivity contribution < 1.29 is 9.15 Å². The minimum absolute atomic E-state index is 0.704. The number of rotatable bonds is 7. The van der Waals surface area contributed by atoms with E-state index in [0.717, 1.165) is 36.6 Å². The number of hydrogen-bond acceptors (Lipinski definition) is 3. The predicted molar refractivity (Wildman–Crippen MR) is 79.5 cm³/mol. The number of nitrogens with one attached hydrogen (secondary N) is 1. The normalized spacial score (nSPS) is 20.4. The van der Waals surface area contributed by atoms with E-state index in [2.05, 4.69) is 11.4 Å². The van der Waals surface area contributed by atoms with Crippen LogP contribution in [0.3, 0.4) is 0 Å². The first kappa shape index (κ1) is 14.2. The Morgan fingerprint density at radius 3 is 2.75 bits per heavy atom. The Morgan fingerprint density at radius 2 is 2.00 bits per heavy atom. The Labute approximate surface area is 122 Å². The van der Waals surface area contributed by atoms with Crippen molar-refractivity contribution in [1.82, 2.24) is 5.32 Å². The number of ether oxygens (including phenoxy) is 1. The standard InChI is InChI=1S/C17H27NO2/c1-13-15(9-17(20-13)10-18-16-7-8-16)12-19-11-14-5-3-2-4-6-14/h9,14,16,18H,2-8,10-12H2,1H3. The molecule has 0 atom stereocenters. The lowest BCUT2D eigenvalue weighted by atomic mass is 9.90. The molecule has 2 aliphatic rings. The van der Waals surface area contributed by atoms with Gasteiger partial charge in [-0.25, -0.2) is 0 Å². The van der Waals surface area contributed by atoms with E-state index in [1.807, 2.05) is 6.92 Å². The minimum Gasteiger partial charge on any atom is -0.465 e. The van der Waals surface area contributed by atoms with Gasteiger partial charge in [-0.05, 0) is 44.6 Å². The van der Waals surface area contributed by atoms with Gasteiger partial charge in [0.15, 0.2) is 0 Å². The lowest BCUT2D eigenvalue weighted by Gasteiger charge is -2.21. The molecule has 0 amide bonds. The summed E-state index contributed by atoms with van der Waals surface area (Å²) < 4.78 is 11.7. The third kappa shape index (κ3) is 4.10. The van der Waals surface area contributed by atoms with Crippen molar-refractivity contribution in [3.63, 3.8) is 0 Å². The number of hydrogen-bond donors (Lipinski definition) is 1. The molecule has 0 aromatic carbocycles. The minimum atomic E-state index is 0.704. The Balaban J connectivity index is 1.41. The highest BCUT2D eigenvalue weighted by atomic mass is 16.5. The smallest absolute Gasteiger partial charge is 0.118 e. The average Bonchev–Trinajstić information content (AvgIpc) is 3.23. The molecule has 0 unspecified atom stereocenters. The molecule has 2 saturated carbocycles. The second kappa shape index (κ2) is 6.77. The molecular formula is C17H27NO2. The van der Waals surface area contributed by atoms with Crippen molar-refractivity contribution >= 4 is 0 Å². The van der Waals surface area contributed by atoms with Crippen molar-refractivity contribution in [1.29, 1.82) is 0 Å². The zero-order valence-electron chi connectivity index (χ0n) is 12.6. The molecule has 2 aliphatic carbocycles. The number of aryl methyl sites for hydroxylation is 1. The maximum Gasteiger partial charge on any atom is 0.118 e. The van der Waals surface area contributed by atoms with Crippen molar-refractivity contribution in [2.24, 2.45) is 5.92 Å². The fraction of sp³-hybridized carbons (Fsp3) is 0.765. The zero-order valence-corrected chi connectivity index (χ0v) is 12.6. The molecule has 1 aromatic heterocycles. The molecule has 3 nitrogen and oxygen atoms in total. The van der Waals surface area contributed by atoms with Gasteiger partial charge >= 0.3 is 0 Å². The van der Waals surface area contributed by atoms with Crippen LogP contribution in [0.2, 0.25) is 0 Å². The van der Waals surface area contributed by atoms with Gasteiger partial charge in [-0.2, -0.15) is 0 Å². The molecule has 2 fully saturated rings. The average molecular weight is 277 g/mol. The van der Waals surface area contributed by atoms with Crippen molar-refractivity contribution in [3.05, 3.63) is 23.2 Å². The Morgan fingerprint density at radius 1 is 1.20 bits per heavy atom. The first-order valence-corrected chi connectivity index (χ1v) is 8.20. The summed E-state index contributed by atoms with van der Waals surface area (Å²) in [6.45, 7) is 4.52. The van der Waals surface area contributed by atoms with E-state index in [1.54, 1.807) is 0 Å². The third-order valence-corrected chi connectivity index (χ3v) is 4.55. The maximum atomic E-state index is 5.91. The van der Waals surface area contributed by atoms with Crippen LogP contribution in [0.15, 0.2) is 10.5 Å². The summed E-state index contributed by atoms with van der Waals surface area (Å²) in [5, 5.41) is 3.49. The molecule has 3 heteroatoms. The second-order valence-corrected chi connectivity index (χ2v) is 6.47. The lowest BCUT2D eigenvalue weighted by Crippen LogP contribution is -2.14. The summed E-state index contributed by atoms with van der Waals surface area (Å²) in [5.41, 5.74) is 1.22. The fourth-order valence-electron chi connectivity index (χ4n) is 3.04. The van der Waals surface area contributed by atoms with Gasteiger partial charge in [-0.3, -0.25) is 0 Å². The highest BCUT2D eigenvalue weighted by Gasteiger charge is 2.21. The van der Waals surface area contributed by atoms with Gasteiger partial charge in [-0.15, -0.1) is 0 Å². The van der Waals surface area contributed by atoms with Crippen LogP contribution < -0.4 is 5.32 Å². The van der Waals surface area contributed by atoms with Gasteiger partial charge in [0.05, 0.1) is 13.2 Å². The van der Waals surface area contributed by atoms with E-state index in [0.29, 0.717) is 6.61 Å². The highest BCUT2D eigenvalue weighted by Crippen LogP contribution is 2.25. The molecule has 0 spiro atoms. The number of furan rings is 1. The van der Waals surface area contributed by atoms with Crippen LogP contribution in [0.4, 0.5) is 0 Å². The summed E-state index contributed by atoms with van der Waals surface area (Å²) >= 11 is 0. The van der Waals surface area contributed by atoms with Crippen molar-refractivity contribution in [2.45, 2.75) is 71.1 Å². The first-order chi connectivity index (χ1) is 9.81. The molecule has 0 saturated heterocycles. The van der Waals surface area contributed by atoms with E-state index in [9.17, 15) is 0 Å². The van der Waals surface area contributed by atoms with E-state index < -0.39 is 0 Å². The van der Waals surface area contributed by atoms with Gasteiger partial charge in [-0.1, -0.05) is 19.3 Å². The van der Waals surface area contributed by atoms with E-state index in [1.165, 1.54) is 50.5 Å². The topological polar surface area (TPSA) is 34.4 Å². The second-order valence-electron chi connectivity index (χ2n) is 6.47. The van der Waals surface area contributed by atoms with Gasteiger partial charge in [0.25, 0.3) is 0 Å². The molecule has 20 heavy (non-hydrogen) atoms. The fourth-order valence-corrected chi connectivity index (χ4v) is 3.04. The van der Waals surface area contributed by atoms with E-state index in [4.69, 9.17) is 9.15 Å². The van der Waals surface area contributed by atoms with Crippen molar-refractivity contribution in [3.8, 4) is 0 Å². The van der Waals surface area contributed by atoms with Crippen LogP contribution in [-0.4, -0.2) is 12.6 Å². The van der Waals surface area contributed by atoms with Crippen LogP contribution >= 0.6 is 0 Å². The first-order valence-electron chi connectivity index (χ1n) is 8.20. The van der Waals surface area contributed by atoms with Gasteiger partial charge in [0.1, 0.15) is 11.5 Å². The Bertz CT molecular complexity index is 417. The lowest BCUT2D eigenvalue weighted by molar-refractivity contribution is 0.0732. The van der Waals surface area contributed by atoms with Crippen molar-refractivity contribution in [2.75, 3.05) is 6.61 Å². The molecule has 112 valence electrons. The molecule has 3 rings (SSSR count). The van der Waals surface area contributed by atoms with Crippen LogP contribution in [0.5, 0.6) is 0 Å². The highest BCUT2D eigenvalue weighted by molar-refractivity contribution is 5.20. The van der Waals surface area contributed by atoms with Crippen LogP contribution in [0, 0.1) is 12.8 Å². The molecule has 0 radical (unpaired) electrons. The summed E-state index contributed by atoms with van der Waals surface area (Å²) in [6, 6.07) is 2.89. The van der Waals surface area contributed by atoms with Gasteiger partial charge in [0.2, 0.25) is 0 Å². The Kier molecular flexibility index (Phi) is 4.79. The molecular weight excluding hydrogens is 250 g/mol. The monoisotopic (exact) mass is 277 g/mol. The zero-order chi connectivity index (χ0) is 13.8. The summed E-state index contributed by atoms with van der Waals surface area (Å²) in [6.07, 6.45) is 9.51. The summed E-state index contributed by atoms with van der Waals surface area (Å²) in [7, 11) is 0. The predicted octanol–water partition coefficient (Wildman–Crippen LogP) is 3.94. The molecule has 1 heterocycles. The molecule has 1 N–H and O–H groups in total. The van der Waals surface area contributed by atoms with Gasteiger partial charge in [0, 0.05) is 18.2 Å². The SMILES string of the molecule is Cc1oc(CNC2CC2)cc1COCC1CCCCC1. The largest absolute Gasteiger partial charge is 0.465 e. The van der Waals surface area contributed by atoms with Crippen LogP contribution in [-0.2, 0) is 17.9 Å². The van der Waals surface area contributed by atoms with Crippen LogP contribution in [0.1, 0.15) is 62.0 Å². The Hall–Kier alpha value is -0.800. The van der Waals surface area contributed by atoms with E-state index >= 15 is 0 Å². The summed E-state index contributed by atoms with van der Waals surface area (Å²) in [4.78, 5) is 0. The maximum absolute atomic E-state index is 5.91. The summed E-state index contributed by atoms with van der Waals surface area (Å²) in [5.74, 6) is 2.85. The molecule has 0 bridgehead atoms. The van der Waals surface area contributed by atoms with E-state index in [-0.39, 0.29) is 0 Å². The quantitative estimate of drug-likeness (QED) is 0.820. The molecule has 0 aliphatic heterocycles. The third-order valence-electron chi connectivity index (χ3n) is 4.55. The van der Waals surface area contributed by atoms with Gasteiger partial charge < -0.3 is 14.5 Å².